The second kappa shape index (κ2) is 7.65. The number of hydrogen-bond donors (Lipinski definition) is 2. The maximum absolute atomic E-state index is 11.6. The molecular weight excluding hydrogens is 292 g/mol. The van der Waals surface area contributed by atoms with E-state index in [1.807, 2.05) is 31.2 Å². The number of anilines is 1. The highest BCUT2D eigenvalue weighted by molar-refractivity contribution is 5.89. The molecule has 2 amide bonds. The first kappa shape index (κ1) is 16.8. The smallest absolute Gasteiger partial charge is 0.321 e. The summed E-state index contributed by atoms with van der Waals surface area (Å²) in [6.07, 6.45) is -0.698. The summed E-state index contributed by atoms with van der Waals surface area (Å²) >= 11 is 0. The third-order valence-corrected chi connectivity index (χ3v) is 3.36. The van der Waals surface area contributed by atoms with Crippen LogP contribution in [0.25, 0.3) is 0 Å². The predicted octanol–water partition coefficient (Wildman–Crippen LogP) is 3.20. The second-order valence-electron chi connectivity index (χ2n) is 5.59. The third-order valence-electron chi connectivity index (χ3n) is 3.36. The third kappa shape index (κ3) is 5.00. The monoisotopic (exact) mass is 314 g/mol. The van der Waals surface area contributed by atoms with E-state index < -0.39 is 6.10 Å². The van der Waals surface area contributed by atoms with Crippen LogP contribution in [0.15, 0.2) is 48.5 Å². The molecule has 122 valence electrons. The Hall–Kier alpha value is -2.53. The molecule has 2 aromatic carbocycles. The number of carbonyl (C=O) groups is 1. The van der Waals surface area contributed by atoms with Crippen LogP contribution in [0.5, 0.6) is 5.75 Å². The lowest BCUT2D eigenvalue weighted by Gasteiger charge is -2.15. The van der Waals surface area contributed by atoms with E-state index in [0.717, 1.165) is 11.1 Å². The van der Waals surface area contributed by atoms with Gasteiger partial charge in [-0.25, -0.2) is 4.79 Å². The lowest BCUT2D eigenvalue weighted by Crippen LogP contribution is -2.27. The Morgan fingerprint density at radius 1 is 1.22 bits per heavy atom. The van der Waals surface area contributed by atoms with Crippen molar-refractivity contribution in [2.75, 3.05) is 26.0 Å². The maximum Gasteiger partial charge on any atom is 0.321 e. The van der Waals surface area contributed by atoms with E-state index in [0.29, 0.717) is 11.4 Å². The number of nitrogens with one attached hydrogen (secondary N) is 1. The summed E-state index contributed by atoms with van der Waals surface area (Å²) < 4.78 is 5.62. The van der Waals surface area contributed by atoms with E-state index in [1.54, 1.807) is 38.4 Å². The minimum Gasteiger partial charge on any atom is -0.490 e. The summed E-state index contributed by atoms with van der Waals surface area (Å²) in [4.78, 5) is 13.1. The molecule has 2 aromatic rings. The summed E-state index contributed by atoms with van der Waals surface area (Å²) in [5.41, 5.74) is 2.60. The van der Waals surface area contributed by atoms with E-state index in [9.17, 15) is 9.90 Å². The van der Waals surface area contributed by atoms with Crippen LogP contribution in [0.1, 0.15) is 17.2 Å². The molecule has 2 N–H and O–H groups in total. The Morgan fingerprint density at radius 3 is 2.57 bits per heavy atom. The zero-order valence-corrected chi connectivity index (χ0v) is 13.6. The van der Waals surface area contributed by atoms with E-state index in [4.69, 9.17) is 4.74 Å². The van der Waals surface area contributed by atoms with E-state index >= 15 is 0 Å². The highest BCUT2D eigenvalue weighted by atomic mass is 16.5. The van der Waals surface area contributed by atoms with Crippen molar-refractivity contribution in [1.29, 1.82) is 0 Å². The van der Waals surface area contributed by atoms with Crippen LogP contribution >= 0.6 is 0 Å². The molecule has 0 aliphatic carbocycles. The highest BCUT2D eigenvalue weighted by Gasteiger charge is 2.09. The molecule has 0 aliphatic rings. The maximum atomic E-state index is 11.6. The molecule has 0 radical (unpaired) electrons. The number of benzene rings is 2. The Morgan fingerprint density at radius 2 is 1.91 bits per heavy atom. The van der Waals surface area contributed by atoms with Crippen LogP contribution in [-0.2, 0) is 0 Å². The van der Waals surface area contributed by atoms with Crippen LogP contribution in [0.3, 0.4) is 0 Å². The Balaban J connectivity index is 1.95. The first-order valence-electron chi connectivity index (χ1n) is 7.41. The first-order valence-corrected chi connectivity index (χ1v) is 7.41. The molecule has 0 saturated carbocycles. The molecular formula is C18H22N2O3. The van der Waals surface area contributed by atoms with Gasteiger partial charge < -0.3 is 20.1 Å². The number of carbonyl (C=O) groups excluding carboxylic acids is 1. The zero-order chi connectivity index (χ0) is 16.8. The minimum absolute atomic E-state index is 0.147. The van der Waals surface area contributed by atoms with Crippen LogP contribution < -0.4 is 10.1 Å². The number of aliphatic hydroxyl groups excluding tert-OH is 1. The average Bonchev–Trinajstić information content (AvgIpc) is 2.53. The second-order valence-corrected chi connectivity index (χ2v) is 5.59. The summed E-state index contributed by atoms with van der Waals surface area (Å²) in [5.74, 6) is 0.590. The van der Waals surface area contributed by atoms with Crippen LogP contribution in [0.2, 0.25) is 0 Å². The zero-order valence-electron chi connectivity index (χ0n) is 13.6. The van der Waals surface area contributed by atoms with Gasteiger partial charge in [0.25, 0.3) is 0 Å². The van der Waals surface area contributed by atoms with Gasteiger partial charge in [-0.3, -0.25) is 0 Å². The van der Waals surface area contributed by atoms with Gasteiger partial charge in [-0.05, 0) is 24.6 Å². The Bertz CT molecular complexity index is 654. The standard InChI is InChI=1S/C18H22N2O3/c1-13-7-9-14(10-8-13)17(21)12-23-16-6-4-5-15(11-16)19-18(22)20(2)3/h4-11,17,21H,12H2,1-3H3,(H,19,22). The number of amides is 2. The van der Waals surface area contributed by atoms with Crippen molar-refractivity contribution >= 4 is 11.7 Å². The molecule has 5 nitrogen and oxygen atoms in total. The summed E-state index contributed by atoms with van der Waals surface area (Å²) in [7, 11) is 3.35. The number of ether oxygens (including phenoxy) is 1. The first-order chi connectivity index (χ1) is 11.0. The Labute approximate surface area is 136 Å². The molecule has 0 aromatic heterocycles. The van der Waals surface area contributed by atoms with Crippen LogP contribution in [0.4, 0.5) is 10.5 Å². The van der Waals surface area contributed by atoms with Crippen molar-refractivity contribution in [2.24, 2.45) is 0 Å². The van der Waals surface area contributed by atoms with Gasteiger partial charge in [-0.15, -0.1) is 0 Å². The van der Waals surface area contributed by atoms with Gasteiger partial charge in [0, 0.05) is 25.8 Å². The van der Waals surface area contributed by atoms with Gasteiger partial charge in [-0.1, -0.05) is 35.9 Å². The Kier molecular flexibility index (Phi) is 5.60. The highest BCUT2D eigenvalue weighted by Crippen LogP contribution is 2.20. The molecule has 0 spiro atoms. The fourth-order valence-electron chi connectivity index (χ4n) is 1.96. The predicted molar refractivity (Wildman–Crippen MR) is 90.8 cm³/mol. The molecule has 0 heterocycles. The normalized spacial score (nSPS) is 11.7. The summed E-state index contributed by atoms with van der Waals surface area (Å²) in [6, 6.07) is 14.6. The minimum atomic E-state index is -0.698. The number of hydrogen-bond acceptors (Lipinski definition) is 3. The summed E-state index contributed by atoms with van der Waals surface area (Å²) in [6.45, 7) is 2.15. The number of nitrogens with zero attached hydrogens (tertiary/aromatic N) is 1. The summed E-state index contributed by atoms with van der Waals surface area (Å²) in [5, 5.41) is 12.9. The average molecular weight is 314 g/mol. The van der Waals surface area contributed by atoms with Crippen molar-refractivity contribution in [3.05, 3.63) is 59.7 Å². The number of aliphatic hydroxyl groups is 1. The van der Waals surface area contributed by atoms with Gasteiger partial charge >= 0.3 is 6.03 Å². The topological polar surface area (TPSA) is 61.8 Å². The molecule has 0 saturated heterocycles. The van der Waals surface area contributed by atoms with E-state index in [-0.39, 0.29) is 12.6 Å². The van der Waals surface area contributed by atoms with Gasteiger partial charge in [0.15, 0.2) is 0 Å². The van der Waals surface area contributed by atoms with Crippen molar-refractivity contribution in [3.8, 4) is 5.75 Å². The molecule has 0 fully saturated rings. The van der Waals surface area contributed by atoms with Gasteiger partial charge in [0.1, 0.15) is 18.5 Å². The molecule has 5 heteroatoms. The fourth-order valence-corrected chi connectivity index (χ4v) is 1.96. The molecule has 1 atom stereocenters. The van der Waals surface area contributed by atoms with Crippen molar-refractivity contribution in [2.45, 2.75) is 13.0 Å². The van der Waals surface area contributed by atoms with Crippen molar-refractivity contribution in [3.63, 3.8) is 0 Å². The van der Waals surface area contributed by atoms with Crippen LogP contribution in [0, 0.1) is 6.92 Å². The lowest BCUT2D eigenvalue weighted by molar-refractivity contribution is 0.108. The van der Waals surface area contributed by atoms with E-state index in [2.05, 4.69) is 5.32 Å². The number of aryl methyl sites for hydroxylation is 1. The quantitative estimate of drug-likeness (QED) is 0.891. The largest absolute Gasteiger partial charge is 0.490 e. The molecule has 0 aliphatic heterocycles. The SMILES string of the molecule is Cc1ccc(C(O)COc2cccc(NC(=O)N(C)C)c2)cc1. The molecule has 0 bridgehead atoms. The number of urea groups is 1. The molecule has 1 unspecified atom stereocenters. The molecule has 23 heavy (non-hydrogen) atoms. The van der Waals surface area contributed by atoms with Crippen molar-refractivity contribution in [1.82, 2.24) is 4.90 Å². The van der Waals surface area contributed by atoms with Gasteiger partial charge in [0.2, 0.25) is 0 Å². The lowest BCUT2D eigenvalue weighted by atomic mass is 10.1. The number of rotatable bonds is 5. The fraction of sp³-hybridized carbons (Fsp3) is 0.278. The van der Waals surface area contributed by atoms with Crippen LogP contribution in [-0.4, -0.2) is 36.7 Å². The van der Waals surface area contributed by atoms with E-state index in [1.165, 1.54) is 4.90 Å². The molecule has 2 rings (SSSR count). The van der Waals surface area contributed by atoms with Gasteiger partial charge in [0.05, 0.1) is 0 Å². The van der Waals surface area contributed by atoms with Crippen molar-refractivity contribution < 1.29 is 14.6 Å². The van der Waals surface area contributed by atoms with Gasteiger partial charge in [-0.2, -0.15) is 0 Å².